The smallest absolute Gasteiger partial charge is 0.349 e. The zero-order valence-corrected chi connectivity index (χ0v) is 13.9. The quantitative estimate of drug-likeness (QED) is 0.825. The van der Waals surface area contributed by atoms with Gasteiger partial charge in [0.2, 0.25) is 0 Å². The Bertz CT molecular complexity index is 840. The third-order valence-corrected chi connectivity index (χ3v) is 5.30. The van der Waals surface area contributed by atoms with Crippen molar-refractivity contribution in [1.82, 2.24) is 0 Å². The zero-order chi connectivity index (χ0) is 17.0. The molecule has 1 aromatic heterocycles. The lowest BCUT2D eigenvalue weighted by Gasteiger charge is -2.11. The van der Waals surface area contributed by atoms with E-state index >= 15 is 0 Å². The zero-order valence-electron chi connectivity index (χ0n) is 12.2. The SMILES string of the molecule is COC(=O)c1ccccc1NS(=O)(=O)c1ccsc1C(=O)OC. The molecule has 0 aliphatic carbocycles. The second kappa shape index (κ2) is 6.80. The van der Waals surface area contributed by atoms with Gasteiger partial charge in [-0.05, 0) is 23.6 Å². The third kappa shape index (κ3) is 3.51. The van der Waals surface area contributed by atoms with Gasteiger partial charge in [0.15, 0.2) is 0 Å². The van der Waals surface area contributed by atoms with Crippen molar-refractivity contribution in [2.24, 2.45) is 0 Å². The van der Waals surface area contributed by atoms with Crippen molar-refractivity contribution in [1.29, 1.82) is 0 Å². The van der Waals surface area contributed by atoms with Crippen molar-refractivity contribution >= 4 is 39.0 Å². The summed E-state index contributed by atoms with van der Waals surface area (Å²) in [4.78, 5) is 23.1. The lowest BCUT2D eigenvalue weighted by Crippen LogP contribution is -2.18. The van der Waals surface area contributed by atoms with Gasteiger partial charge in [0.05, 0.1) is 25.5 Å². The summed E-state index contributed by atoms with van der Waals surface area (Å²) in [6, 6.07) is 7.29. The monoisotopic (exact) mass is 355 g/mol. The van der Waals surface area contributed by atoms with Crippen LogP contribution in [0, 0.1) is 0 Å². The number of benzene rings is 1. The molecule has 122 valence electrons. The number of ether oxygens (including phenoxy) is 2. The Morgan fingerprint density at radius 1 is 1.04 bits per heavy atom. The number of carbonyl (C=O) groups is 2. The first-order chi connectivity index (χ1) is 10.9. The molecule has 0 saturated heterocycles. The van der Waals surface area contributed by atoms with Crippen molar-refractivity contribution in [3.63, 3.8) is 0 Å². The van der Waals surface area contributed by atoms with Gasteiger partial charge >= 0.3 is 11.9 Å². The minimum atomic E-state index is -4.07. The van der Waals surface area contributed by atoms with Crippen molar-refractivity contribution in [3.05, 3.63) is 46.2 Å². The predicted octanol–water partition coefficient (Wildman–Crippen LogP) is 2.12. The number of para-hydroxylation sites is 1. The molecule has 0 bridgehead atoms. The van der Waals surface area contributed by atoms with Crippen molar-refractivity contribution in [2.45, 2.75) is 4.90 Å². The molecule has 23 heavy (non-hydrogen) atoms. The first-order valence-electron chi connectivity index (χ1n) is 6.26. The molecule has 0 atom stereocenters. The van der Waals surface area contributed by atoms with Gasteiger partial charge in [0.25, 0.3) is 10.0 Å². The van der Waals surface area contributed by atoms with Crippen LogP contribution in [0.2, 0.25) is 0 Å². The van der Waals surface area contributed by atoms with Gasteiger partial charge in [-0.1, -0.05) is 12.1 Å². The summed E-state index contributed by atoms with van der Waals surface area (Å²) >= 11 is 0.949. The number of methoxy groups -OCH3 is 2. The summed E-state index contributed by atoms with van der Waals surface area (Å²) in [5.41, 5.74) is 0.120. The van der Waals surface area contributed by atoms with Crippen LogP contribution in [0.1, 0.15) is 20.0 Å². The minimum Gasteiger partial charge on any atom is -0.465 e. The van der Waals surface area contributed by atoms with E-state index < -0.39 is 22.0 Å². The minimum absolute atomic E-state index is 0.0458. The average molecular weight is 355 g/mol. The largest absolute Gasteiger partial charge is 0.465 e. The molecule has 0 amide bonds. The van der Waals surface area contributed by atoms with Crippen LogP contribution in [-0.2, 0) is 19.5 Å². The molecule has 1 heterocycles. The van der Waals surface area contributed by atoms with Gasteiger partial charge in [-0.15, -0.1) is 11.3 Å². The highest BCUT2D eigenvalue weighted by Crippen LogP contribution is 2.26. The fourth-order valence-electron chi connectivity index (χ4n) is 1.81. The summed E-state index contributed by atoms with van der Waals surface area (Å²) in [6.07, 6.45) is 0. The molecule has 1 aromatic carbocycles. The van der Waals surface area contributed by atoms with Gasteiger partial charge in [-0.3, -0.25) is 4.72 Å². The fraction of sp³-hybridized carbons (Fsp3) is 0.143. The maximum atomic E-state index is 12.5. The molecule has 7 nitrogen and oxygen atoms in total. The molecular weight excluding hydrogens is 342 g/mol. The third-order valence-electron chi connectivity index (χ3n) is 2.87. The normalized spacial score (nSPS) is 10.9. The van der Waals surface area contributed by atoms with Crippen LogP contribution >= 0.6 is 11.3 Å². The van der Waals surface area contributed by atoms with Crippen LogP contribution in [0.5, 0.6) is 0 Å². The lowest BCUT2D eigenvalue weighted by atomic mass is 10.2. The van der Waals surface area contributed by atoms with E-state index in [1.54, 1.807) is 12.1 Å². The number of hydrogen-bond donors (Lipinski definition) is 1. The van der Waals surface area contributed by atoms with Crippen LogP contribution < -0.4 is 4.72 Å². The van der Waals surface area contributed by atoms with Crippen molar-refractivity contribution in [3.8, 4) is 0 Å². The second-order valence-electron chi connectivity index (χ2n) is 4.25. The second-order valence-corrected chi connectivity index (χ2v) is 6.82. The molecule has 1 N–H and O–H groups in total. The van der Waals surface area contributed by atoms with E-state index in [0.717, 1.165) is 11.3 Å². The van der Waals surface area contributed by atoms with Gasteiger partial charge < -0.3 is 9.47 Å². The summed E-state index contributed by atoms with van der Waals surface area (Å²) in [7, 11) is -1.71. The Labute approximate surface area is 136 Å². The summed E-state index contributed by atoms with van der Waals surface area (Å²) in [5, 5.41) is 1.47. The Morgan fingerprint density at radius 2 is 1.70 bits per heavy atom. The van der Waals surface area contributed by atoms with Gasteiger partial charge in [0.1, 0.15) is 9.77 Å². The molecule has 0 aliphatic heterocycles. The van der Waals surface area contributed by atoms with Crippen molar-refractivity contribution < 1.29 is 27.5 Å². The van der Waals surface area contributed by atoms with E-state index in [9.17, 15) is 18.0 Å². The summed E-state index contributed by atoms with van der Waals surface area (Å²) in [6.45, 7) is 0. The molecule has 0 aliphatic rings. The Morgan fingerprint density at radius 3 is 2.35 bits per heavy atom. The summed E-state index contributed by atoms with van der Waals surface area (Å²) in [5.74, 6) is -1.43. The van der Waals surface area contributed by atoms with E-state index in [-0.39, 0.29) is 21.0 Å². The van der Waals surface area contributed by atoms with E-state index in [2.05, 4.69) is 14.2 Å². The van der Waals surface area contributed by atoms with Gasteiger partial charge in [0, 0.05) is 0 Å². The van der Waals surface area contributed by atoms with Crippen molar-refractivity contribution in [2.75, 3.05) is 18.9 Å². The number of sulfonamides is 1. The van der Waals surface area contributed by atoms with E-state index in [4.69, 9.17) is 0 Å². The van der Waals surface area contributed by atoms with E-state index in [0.29, 0.717) is 0 Å². The number of anilines is 1. The predicted molar refractivity (Wildman–Crippen MR) is 84.2 cm³/mol. The van der Waals surface area contributed by atoms with E-state index in [1.807, 2.05) is 0 Å². The Balaban J connectivity index is 2.43. The highest BCUT2D eigenvalue weighted by atomic mass is 32.2. The molecule has 0 fully saturated rings. The molecule has 0 unspecified atom stereocenters. The van der Waals surface area contributed by atoms with Crippen LogP contribution in [0.15, 0.2) is 40.6 Å². The molecule has 2 rings (SSSR count). The highest BCUT2D eigenvalue weighted by molar-refractivity contribution is 7.93. The first-order valence-corrected chi connectivity index (χ1v) is 8.63. The van der Waals surface area contributed by atoms with Crippen LogP contribution in [0.4, 0.5) is 5.69 Å². The Hall–Kier alpha value is -2.39. The van der Waals surface area contributed by atoms with Crippen LogP contribution in [0.3, 0.4) is 0 Å². The number of carbonyl (C=O) groups excluding carboxylic acids is 2. The number of thiophene rings is 1. The number of nitrogens with one attached hydrogen (secondary N) is 1. The molecule has 2 aromatic rings. The molecule has 0 radical (unpaired) electrons. The highest BCUT2D eigenvalue weighted by Gasteiger charge is 2.26. The van der Waals surface area contributed by atoms with Gasteiger partial charge in [-0.2, -0.15) is 0 Å². The van der Waals surface area contributed by atoms with Crippen LogP contribution in [-0.4, -0.2) is 34.6 Å². The molecule has 0 spiro atoms. The first kappa shape index (κ1) is 17.0. The average Bonchev–Trinajstić information content (AvgIpc) is 3.04. The molecule has 0 saturated carbocycles. The maximum Gasteiger partial charge on any atom is 0.349 e. The standard InChI is InChI=1S/C14H13NO6S2/c1-20-13(16)9-5-3-4-6-10(9)15-23(18,19)11-7-8-22-12(11)14(17)21-2/h3-8,15H,1-2H3. The lowest BCUT2D eigenvalue weighted by molar-refractivity contribution is 0.0593. The Kier molecular flexibility index (Phi) is 5.02. The number of rotatable bonds is 5. The number of esters is 2. The maximum absolute atomic E-state index is 12.5. The summed E-state index contributed by atoms with van der Waals surface area (Å²) < 4.78 is 36.5. The number of hydrogen-bond acceptors (Lipinski definition) is 7. The fourth-order valence-corrected chi connectivity index (χ4v) is 4.23. The topological polar surface area (TPSA) is 98.8 Å². The van der Waals surface area contributed by atoms with E-state index in [1.165, 1.54) is 37.8 Å². The molecular formula is C14H13NO6S2. The van der Waals surface area contributed by atoms with Gasteiger partial charge in [-0.25, -0.2) is 18.0 Å². The molecule has 9 heteroatoms. The van der Waals surface area contributed by atoms with Crippen LogP contribution in [0.25, 0.3) is 0 Å².